The smallest absolute Gasteiger partial charge is 0.337 e. The van der Waals surface area contributed by atoms with Gasteiger partial charge in [0.15, 0.2) is 0 Å². The van der Waals surface area contributed by atoms with E-state index in [0.29, 0.717) is 18.7 Å². The van der Waals surface area contributed by atoms with E-state index in [-0.39, 0.29) is 24.9 Å². The normalized spacial score (nSPS) is 19.4. The van der Waals surface area contributed by atoms with Gasteiger partial charge in [-0.2, -0.15) is 0 Å². The third-order valence-electron chi connectivity index (χ3n) is 4.17. The van der Waals surface area contributed by atoms with Crippen LogP contribution in [0.3, 0.4) is 0 Å². The van der Waals surface area contributed by atoms with Crippen LogP contribution in [0.4, 0.5) is 8.78 Å². The van der Waals surface area contributed by atoms with Crippen LogP contribution in [0.25, 0.3) is 0 Å². The number of carbonyl (C=O) groups is 1. The number of esters is 1. The summed E-state index contributed by atoms with van der Waals surface area (Å²) in [5.41, 5.74) is 1.50. The number of carbonyl (C=O) groups excluding carboxylic acids is 1. The zero-order valence-electron chi connectivity index (χ0n) is 13.6. The first-order chi connectivity index (χ1) is 10.9. The summed E-state index contributed by atoms with van der Waals surface area (Å²) in [4.78, 5) is 13.3. The van der Waals surface area contributed by atoms with Crippen LogP contribution < -0.4 is 0 Å². The zero-order chi connectivity index (χ0) is 16.9. The fourth-order valence-corrected chi connectivity index (χ4v) is 2.73. The number of hydrogen-bond donors (Lipinski definition) is 0. The van der Waals surface area contributed by atoms with Crippen molar-refractivity contribution < 1.29 is 18.3 Å². The number of benzene rings is 1. The number of ether oxygens (including phenoxy) is 1. The second-order valence-electron chi connectivity index (χ2n) is 5.88. The van der Waals surface area contributed by atoms with Gasteiger partial charge in [0.25, 0.3) is 5.92 Å². The first-order valence-electron chi connectivity index (χ1n) is 7.90. The highest BCUT2D eigenvalue weighted by Crippen LogP contribution is 2.26. The van der Waals surface area contributed by atoms with Crippen molar-refractivity contribution in [3.8, 4) is 0 Å². The Morgan fingerprint density at radius 3 is 2.65 bits per heavy atom. The molecule has 1 heterocycles. The molecule has 0 amide bonds. The zero-order valence-corrected chi connectivity index (χ0v) is 13.6. The fourth-order valence-electron chi connectivity index (χ4n) is 2.73. The Hall–Kier alpha value is -1.75. The molecule has 126 valence electrons. The number of nitrogens with zero attached hydrogens (tertiary/aromatic N) is 1. The SMILES string of the molecule is CCC(F)(F)CN1CCC=CC(c2ccc(C(=O)OC)cc2)C1. The van der Waals surface area contributed by atoms with Crippen molar-refractivity contribution in [2.24, 2.45) is 0 Å². The number of hydrogen-bond acceptors (Lipinski definition) is 3. The number of methoxy groups -OCH3 is 1. The molecule has 0 spiro atoms. The third kappa shape index (κ3) is 4.86. The molecule has 0 aliphatic carbocycles. The van der Waals surface area contributed by atoms with Crippen molar-refractivity contribution in [2.45, 2.75) is 31.6 Å². The van der Waals surface area contributed by atoms with Crippen LogP contribution in [-0.4, -0.2) is 43.5 Å². The van der Waals surface area contributed by atoms with Crippen LogP contribution in [0.15, 0.2) is 36.4 Å². The highest BCUT2D eigenvalue weighted by molar-refractivity contribution is 5.89. The molecule has 0 saturated carbocycles. The minimum absolute atomic E-state index is 0.0526. The van der Waals surface area contributed by atoms with Crippen molar-refractivity contribution >= 4 is 5.97 Å². The van der Waals surface area contributed by atoms with Gasteiger partial charge in [-0.25, -0.2) is 13.6 Å². The molecule has 1 aromatic carbocycles. The molecule has 2 rings (SSSR count). The van der Waals surface area contributed by atoms with Crippen LogP contribution in [0.5, 0.6) is 0 Å². The molecular formula is C18H23F2NO2. The Balaban J connectivity index is 2.09. The Kier molecular flexibility index (Phi) is 5.88. The summed E-state index contributed by atoms with van der Waals surface area (Å²) >= 11 is 0. The summed E-state index contributed by atoms with van der Waals surface area (Å²) in [7, 11) is 1.34. The minimum Gasteiger partial charge on any atom is -0.465 e. The molecule has 0 N–H and O–H groups in total. The lowest BCUT2D eigenvalue weighted by Gasteiger charge is -2.28. The lowest BCUT2D eigenvalue weighted by Crippen LogP contribution is -2.38. The highest BCUT2D eigenvalue weighted by Gasteiger charge is 2.30. The van der Waals surface area contributed by atoms with E-state index in [9.17, 15) is 13.6 Å². The lowest BCUT2D eigenvalue weighted by molar-refractivity contribution is -0.0349. The molecule has 1 aromatic rings. The van der Waals surface area contributed by atoms with Crippen LogP contribution >= 0.6 is 0 Å². The average molecular weight is 323 g/mol. The summed E-state index contributed by atoms with van der Waals surface area (Å²) in [5.74, 6) is -2.97. The molecule has 1 unspecified atom stereocenters. The molecule has 5 heteroatoms. The summed E-state index contributed by atoms with van der Waals surface area (Å²) in [5, 5.41) is 0. The van der Waals surface area contributed by atoms with Crippen LogP contribution in [-0.2, 0) is 4.74 Å². The van der Waals surface area contributed by atoms with Gasteiger partial charge >= 0.3 is 5.97 Å². The third-order valence-corrected chi connectivity index (χ3v) is 4.17. The molecule has 0 radical (unpaired) electrons. The minimum atomic E-state index is -2.65. The van der Waals surface area contributed by atoms with Gasteiger partial charge in [-0.1, -0.05) is 31.2 Å². The van der Waals surface area contributed by atoms with E-state index in [1.54, 1.807) is 12.1 Å². The standard InChI is InChI=1S/C18H23F2NO2/c1-3-18(19,20)13-21-11-5-4-6-16(12-21)14-7-9-15(10-8-14)17(22)23-2/h4,6-10,16H,3,5,11-13H2,1-2H3. The van der Waals surface area contributed by atoms with Crippen molar-refractivity contribution in [3.05, 3.63) is 47.5 Å². The molecule has 1 aliphatic heterocycles. The maximum Gasteiger partial charge on any atom is 0.337 e. The summed E-state index contributed by atoms with van der Waals surface area (Å²) in [6.45, 7) is 2.51. The molecule has 0 saturated heterocycles. The van der Waals surface area contributed by atoms with Crippen molar-refractivity contribution in [1.29, 1.82) is 0 Å². The molecular weight excluding hydrogens is 300 g/mol. The van der Waals surface area contributed by atoms with Gasteiger partial charge in [0.2, 0.25) is 0 Å². The van der Waals surface area contributed by atoms with Crippen LogP contribution in [0.2, 0.25) is 0 Å². The Morgan fingerprint density at radius 1 is 1.35 bits per heavy atom. The molecule has 0 fully saturated rings. The van der Waals surface area contributed by atoms with E-state index in [4.69, 9.17) is 0 Å². The van der Waals surface area contributed by atoms with E-state index in [1.807, 2.05) is 23.1 Å². The molecule has 1 aliphatic rings. The van der Waals surface area contributed by atoms with Crippen molar-refractivity contribution in [3.63, 3.8) is 0 Å². The predicted molar refractivity (Wildman–Crippen MR) is 86.0 cm³/mol. The highest BCUT2D eigenvalue weighted by atomic mass is 19.3. The monoisotopic (exact) mass is 323 g/mol. The van der Waals surface area contributed by atoms with Gasteiger partial charge in [-0.05, 0) is 24.1 Å². The Morgan fingerprint density at radius 2 is 2.04 bits per heavy atom. The quantitative estimate of drug-likeness (QED) is 0.609. The van der Waals surface area contributed by atoms with E-state index in [1.165, 1.54) is 14.0 Å². The Labute approximate surface area is 135 Å². The Bertz CT molecular complexity index is 555. The molecule has 3 nitrogen and oxygen atoms in total. The van der Waals surface area contributed by atoms with E-state index in [2.05, 4.69) is 10.8 Å². The van der Waals surface area contributed by atoms with Gasteiger partial charge in [-0.15, -0.1) is 0 Å². The van der Waals surface area contributed by atoms with E-state index >= 15 is 0 Å². The van der Waals surface area contributed by atoms with Gasteiger partial charge in [0.1, 0.15) is 0 Å². The maximum atomic E-state index is 13.7. The van der Waals surface area contributed by atoms with Crippen LogP contribution in [0, 0.1) is 0 Å². The first-order valence-corrected chi connectivity index (χ1v) is 7.90. The summed E-state index contributed by atoms with van der Waals surface area (Å²) < 4.78 is 32.0. The van der Waals surface area contributed by atoms with Crippen molar-refractivity contribution in [1.82, 2.24) is 4.90 Å². The van der Waals surface area contributed by atoms with Crippen LogP contribution in [0.1, 0.15) is 41.6 Å². The topological polar surface area (TPSA) is 29.5 Å². The van der Waals surface area contributed by atoms with E-state index in [0.717, 1.165) is 12.0 Å². The molecule has 1 atom stereocenters. The summed E-state index contributed by atoms with van der Waals surface area (Å²) in [6.07, 6.45) is 4.74. The fraction of sp³-hybridized carbons (Fsp3) is 0.500. The summed E-state index contributed by atoms with van der Waals surface area (Å²) in [6, 6.07) is 7.15. The number of rotatable bonds is 5. The second kappa shape index (κ2) is 7.68. The number of alkyl halides is 2. The van der Waals surface area contributed by atoms with E-state index < -0.39 is 5.92 Å². The molecule has 23 heavy (non-hydrogen) atoms. The molecule has 0 aromatic heterocycles. The second-order valence-corrected chi connectivity index (χ2v) is 5.88. The van der Waals surface area contributed by atoms with Crippen molar-refractivity contribution in [2.75, 3.05) is 26.7 Å². The van der Waals surface area contributed by atoms with Gasteiger partial charge in [0.05, 0.1) is 19.2 Å². The first kappa shape index (κ1) is 17.6. The largest absolute Gasteiger partial charge is 0.465 e. The molecule has 0 bridgehead atoms. The van der Waals surface area contributed by atoms with Gasteiger partial charge in [0, 0.05) is 25.4 Å². The van der Waals surface area contributed by atoms with Gasteiger partial charge < -0.3 is 4.74 Å². The van der Waals surface area contributed by atoms with Gasteiger partial charge in [-0.3, -0.25) is 4.90 Å². The number of halogens is 2. The average Bonchev–Trinajstić information content (AvgIpc) is 2.79. The lowest BCUT2D eigenvalue weighted by atomic mass is 9.97. The predicted octanol–water partition coefficient (Wildman–Crippen LogP) is 3.86. The maximum absolute atomic E-state index is 13.7.